The third kappa shape index (κ3) is 5.98. The number of carboxylic acids is 1. The van der Waals surface area contributed by atoms with Crippen LogP contribution < -0.4 is 4.74 Å². The highest BCUT2D eigenvalue weighted by Gasteiger charge is 2.23. The summed E-state index contributed by atoms with van der Waals surface area (Å²) < 4.78 is 5.23. The number of aliphatic carboxylic acids is 1. The highest BCUT2D eigenvalue weighted by atomic mass is 32.1. The van der Waals surface area contributed by atoms with Crippen molar-refractivity contribution in [3.8, 4) is 27.4 Å². The van der Waals surface area contributed by atoms with Crippen LogP contribution in [0.5, 0.6) is 5.75 Å². The zero-order chi connectivity index (χ0) is 27.1. The molecule has 0 aliphatic carbocycles. The Morgan fingerprint density at radius 2 is 1.82 bits per heavy atom. The van der Waals surface area contributed by atoms with Gasteiger partial charge in [0.2, 0.25) is 5.13 Å². The molecule has 3 aromatic carbocycles. The van der Waals surface area contributed by atoms with E-state index >= 15 is 0 Å². The van der Waals surface area contributed by atoms with Gasteiger partial charge in [0.15, 0.2) is 6.04 Å². The van der Waals surface area contributed by atoms with E-state index in [-0.39, 0.29) is 22.8 Å². The maximum atomic E-state index is 11.9. The minimum atomic E-state index is -1.35. The molecule has 1 unspecified atom stereocenters. The summed E-state index contributed by atoms with van der Waals surface area (Å²) >= 11 is 1.20. The summed E-state index contributed by atoms with van der Waals surface area (Å²) in [5.41, 5.74) is 11.3. The quantitative estimate of drug-likeness (QED) is 0.0751. The van der Waals surface area contributed by atoms with Crippen LogP contribution in [0.1, 0.15) is 5.56 Å². The third-order valence-electron chi connectivity index (χ3n) is 5.44. The summed E-state index contributed by atoms with van der Waals surface area (Å²) in [7, 11) is 1.57. The average Bonchev–Trinajstić information content (AvgIpc) is 3.36. The van der Waals surface area contributed by atoms with Crippen molar-refractivity contribution in [3.63, 3.8) is 0 Å². The topological polar surface area (TPSA) is 176 Å². The standard InChI is InChI=1S/C25H19N7O5S/c1-37-19-12-8-15(9-13-19)22-23(16-6-10-18(11-7-16)28-31-26)38-25(27-22)30-29-20(24(33)34)14-17-4-2-3-5-21(17)32(35)36/h2-13,20H,14H2,1H3,(H,33,34). The van der Waals surface area contributed by atoms with E-state index in [2.05, 4.69) is 25.2 Å². The second-order valence-corrected chi connectivity index (χ2v) is 8.78. The molecule has 0 saturated heterocycles. The van der Waals surface area contributed by atoms with E-state index < -0.39 is 16.9 Å². The SMILES string of the molecule is COc1ccc(-c2nc(N=NC(Cc3ccccc3[N+](=O)[O-])C(=O)O)sc2-c2ccc(N=[N+]=[N-])cc2)cc1. The number of hydrogen-bond acceptors (Lipinski definition) is 9. The van der Waals surface area contributed by atoms with Crippen LogP contribution in [0, 0.1) is 10.1 Å². The zero-order valence-electron chi connectivity index (χ0n) is 19.8. The molecule has 190 valence electrons. The lowest BCUT2D eigenvalue weighted by molar-refractivity contribution is -0.385. The second kappa shape index (κ2) is 11.7. The smallest absolute Gasteiger partial charge is 0.330 e. The van der Waals surface area contributed by atoms with Gasteiger partial charge in [-0.2, -0.15) is 5.11 Å². The van der Waals surface area contributed by atoms with Crippen LogP contribution in [0.2, 0.25) is 0 Å². The number of para-hydroxylation sites is 1. The fourth-order valence-electron chi connectivity index (χ4n) is 3.59. The van der Waals surface area contributed by atoms with Crippen LogP contribution >= 0.6 is 11.3 Å². The molecule has 0 amide bonds. The predicted molar refractivity (Wildman–Crippen MR) is 141 cm³/mol. The summed E-state index contributed by atoms with van der Waals surface area (Å²) in [5.74, 6) is -0.601. The van der Waals surface area contributed by atoms with Crippen molar-refractivity contribution in [1.29, 1.82) is 0 Å². The number of azo groups is 1. The number of nitrogens with zero attached hydrogens (tertiary/aromatic N) is 7. The Kier molecular flexibility index (Phi) is 8.01. The number of nitro benzene ring substituents is 1. The Morgan fingerprint density at radius 1 is 1.13 bits per heavy atom. The Labute approximate surface area is 219 Å². The van der Waals surface area contributed by atoms with Crippen molar-refractivity contribution in [2.24, 2.45) is 15.3 Å². The molecule has 1 heterocycles. The molecular weight excluding hydrogens is 510 g/mol. The summed E-state index contributed by atoms with van der Waals surface area (Å²) in [6, 6.07) is 18.7. The lowest BCUT2D eigenvalue weighted by Crippen LogP contribution is -2.20. The van der Waals surface area contributed by atoms with Gasteiger partial charge in [0.25, 0.3) is 5.69 Å². The Morgan fingerprint density at radius 3 is 2.45 bits per heavy atom. The van der Waals surface area contributed by atoms with E-state index in [0.29, 0.717) is 17.1 Å². The molecule has 13 heteroatoms. The van der Waals surface area contributed by atoms with Gasteiger partial charge >= 0.3 is 5.97 Å². The van der Waals surface area contributed by atoms with E-state index in [1.54, 1.807) is 49.6 Å². The van der Waals surface area contributed by atoms with Gasteiger partial charge in [-0.25, -0.2) is 9.78 Å². The largest absolute Gasteiger partial charge is 0.497 e. The van der Waals surface area contributed by atoms with Crippen LogP contribution in [0.15, 0.2) is 88.1 Å². The van der Waals surface area contributed by atoms with Gasteiger partial charge in [-0.3, -0.25) is 10.1 Å². The number of thiazole rings is 1. The van der Waals surface area contributed by atoms with Crippen molar-refractivity contribution < 1.29 is 19.6 Å². The lowest BCUT2D eigenvalue weighted by Gasteiger charge is -2.06. The van der Waals surface area contributed by atoms with Gasteiger partial charge in [-0.15, -0.1) is 5.11 Å². The average molecular weight is 530 g/mol. The number of methoxy groups -OCH3 is 1. The maximum absolute atomic E-state index is 11.9. The first-order valence-corrected chi connectivity index (χ1v) is 11.9. The number of nitro groups is 1. The van der Waals surface area contributed by atoms with Crippen LogP contribution in [-0.2, 0) is 11.2 Å². The summed E-state index contributed by atoms with van der Waals surface area (Å²) in [6.07, 6.45) is -0.208. The second-order valence-electron chi connectivity index (χ2n) is 7.80. The molecule has 38 heavy (non-hydrogen) atoms. The minimum Gasteiger partial charge on any atom is -0.497 e. The molecule has 1 atom stereocenters. The number of carboxylic acid groups (broad SMARTS) is 1. The van der Waals surface area contributed by atoms with Crippen LogP contribution in [0.3, 0.4) is 0 Å². The molecule has 1 N–H and O–H groups in total. The molecule has 0 aliphatic heterocycles. The predicted octanol–water partition coefficient (Wildman–Crippen LogP) is 7.12. The zero-order valence-corrected chi connectivity index (χ0v) is 20.6. The van der Waals surface area contributed by atoms with Gasteiger partial charge in [-0.1, -0.05) is 58.9 Å². The Hall–Kier alpha value is -5.13. The van der Waals surface area contributed by atoms with Gasteiger partial charge in [-0.05, 0) is 35.4 Å². The van der Waals surface area contributed by atoms with E-state index in [1.807, 2.05) is 12.1 Å². The highest BCUT2D eigenvalue weighted by Crippen LogP contribution is 2.41. The molecular formula is C25H19N7O5S. The monoisotopic (exact) mass is 529 g/mol. The highest BCUT2D eigenvalue weighted by molar-refractivity contribution is 7.19. The number of azide groups is 1. The Bertz CT molecular complexity index is 1550. The molecule has 12 nitrogen and oxygen atoms in total. The van der Waals surface area contributed by atoms with Gasteiger partial charge < -0.3 is 9.84 Å². The van der Waals surface area contributed by atoms with E-state index in [4.69, 9.17) is 10.3 Å². The number of aromatic nitrogens is 1. The first-order valence-electron chi connectivity index (χ1n) is 11.1. The minimum absolute atomic E-state index is 0.184. The number of ether oxygens (including phenoxy) is 1. The van der Waals surface area contributed by atoms with Crippen molar-refractivity contribution in [2.75, 3.05) is 7.11 Å². The molecule has 0 aliphatic rings. The molecule has 4 aromatic rings. The molecule has 0 spiro atoms. The van der Waals surface area contributed by atoms with E-state index in [0.717, 1.165) is 16.0 Å². The summed E-state index contributed by atoms with van der Waals surface area (Å²) in [5, 5.41) is 32.9. The first kappa shape index (κ1) is 25.9. The van der Waals surface area contributed by atoms with Crippen LogP contribution in [0.4, 0.5) is 16.5 Å². The first-order chi connectivity index (χ1) is 18.4. The molecule has 4 rings (SSSR count). The van der Waals surface area contributed by atoms with Gasteiger partial charge in [0.1, 0.15) is 5.75 Å². The normalized spacial score (nSPS) is 11.6. The maximum Gasteiger partial charge on any atom is 0.330 e. The van der Waals surface area contributed by atoms with Crippen molar-refractivity contribution >= 4 is 33.8 Å². The van der Waals surface area contributed by atoms with Crippen LogP contribution in [0.25, 0.3) is 32.1 Å². The lowest BCUT2D eigenvalue weighted by atomic mass is 10.0. The number of carbonyl (C=O) groups is 1. The van der Waals surface area contributed by atoms with Gasteiger partial charge in [0.05, 0.1) is 22.6 Å². The number of hydrogen-bond donors (Lipinski definition) is 1. The summed E-state index contributed by atoms with van der Waals surface area (Å²) in [4.78, 5) is 30.8. The molecule has 0 saturated carbocycles. The fourth-order valence-corrected chi connectivity index (χ4v) is 4.51. The molecule has 0 bridgehead atoms. The third-order valence-corrected chi connectivity index (χ3v) is 6.43. The van der Waals surface area contributed by atoms with Crippen molar-refractivity contribution in [3.05, 3.63) is 98.9 Å². The molecule has 0 radical (unpaired) electrons. The van der Waals surface area contributed by atoms with E-state index in [1.165, 1.54) is 29.5 Å². The summed E-state index contributed by atoms with van der Waals surface area (Å²) in [6.45, 7) is 0. The van der Waals surface area contributed by atoms with E-state index in [9.17, 15) is 20.0 Å². The number of rotatable bonds is 10. The number of benzene rings is 3. The van der Waals surface area contributed by atoms with Crippen LogP contribution in [-0.4, -0.2) is 34.1 Å². The van der Waals surface area contributed by atoms with Gasteiger partial charge in [0, 0.05) is 34.2 Å². The Balaban J connectivity index is 1.71. The van der Waals surface area contributed by atoms with Crippen molar-refractivity contribution in [1.82, 2.24) is 4.98 Å². The fraction of sp³-hybridized carbons (Fsp3) is 0.120. The van der Waals surface area contributed by atoms with Crippen molar-refractivity contribution in [2.45, 2.75) is 12.5 Å². The molecule has 0 fully saturated rings. The molecule has 1 aromatic heterocycles.